The van der Waals surface area contributed by atoms with Crippen molar-refractivity contribution in [2.75, 3.05) is 18.0 Å². The molecule has 6 nitrogen and oxygen atoms in total. The van der Waals surface area contributed by atoms with Gasteiger partial charge in [0.2, 0.25) is 0 Å². The number of hydrogen-bond donors (Lipinski definition) is 0. The first-order valence-corrected chi connectivity index (χ1v) is 16.3. The van der Waals surface area contributed by atoms with Gasteiger partial charge in [0.15, 0.2) is 11.2 Å². The Morgan fingerprint density at radius 3 is 2.61 bits per heavy atom. The van der Waals surface area contributed by atoms with Crippen molar-refractivity contribution < 1.29 is 4.39 Å². The molecule has 4 aromatic rings. The zero-order chi connectivity index (χ0) is 30.2. The molecular formula is C37H42FN5O. The van der Waals surface area contributed by atoms with Crippen LogP contribution in [-0.2, 0) is 13.1 Å². The van der Waals surface area contributed by atoms with E-state index >= 15 is 4.39 Å². The van der Waals surface area contributed by atoms with Gasteiger partial charge in [-0.25, -0.2) is 4.39 Å². The van der Waals surface area contributed by atoms with Crippen LogP contribution in [0.1, 0.15) is 85.5 Å². The largest absolute Gasteiger partial charge is 0.369 e. The van der Waals surface area contributed by atoms with Crippen LogP contribution >= 0.6 is 0 Å². The fourth-order valence-electron chi connectivity index (χ4n) is 7.15. The van der Waals surface area contributed by atoms with Crippen LogP contribution in [0.25, 0.3) is 16.5 Å². The highest BCUT2D eigenvalue weighted by Gasteiger charge is 2.30. The Balaban J connectivity index is 1.26. The summed E-state index contributed by atoms with van der Waals surface area (Å²) in [4.78, 5) is 28.0. The topological polar surface area (TPSA) is 54.3 Å². The van der Waals surface area contributed by atoms with Gasteiger partial charge in [0, 0.05) is 78.6 Å². The lowest BCUT2D eigenvalue weighted by atomic mass is 9.92. The lowest BCUT2D eigenvalue weighted by Gasteiger charge is -2.40. The fourth-order valence-corrected chi connectivity index (χ4v) is 7.15. The van der Waals surface area contributed by atoms with Crippen LogP contribution < -0.4 is 10.3 Å². The predicted octanol–water partition coefficient (Wildman–Crippen LogP) is 7.51. The number of allylic oxidation sites excluding steroid dienone is 2. The van der Waals surface area contributed by atoms with Gasteiger partial charge in [-0.2, -0.15) is 0 Å². The zero-order valence-corrected chi connectivity index (χ0v) is 25.9. The number of piperidine rings is 1. The third kappa shape index (κ3) is 5.94. The maximum absolute atomic E-state index is 16.3. The first-order chi connectivity index (χ1) is 21.4. The highest BCUT2D eigenvalue weighted by atomic mass is 19.1. The van der Waals surface area contributed by atoms with Crippen molar-refractivity contribution in [3.05, 3.63) is 105 Å². The molecule has 0 spiro atoms. The Hall–Kier alpha value is -3.84. The van der Waals surface area contributed by atoms with Crippen LogP contribution in [0.3, 0.4) is 0 Å². The molecule has 7 heteroatoms. The quantitative estimate of drug-likeness (QED) is 0.212. The monoisotopic (exact) mass is 591 g/mol. The number of aryl methyl sites for hydroxylation is 2. The summed E-state index contributed by atoms with van der Waals surface area (Å²) in [6.45, 7) is 7.13. The van der Waals surface area contributed by atoms with Crippen molar-refractivity contribution >= 4 is 22.2 Å². The van der Waals surface area contributed by atoms with Crippen LogP contribution in [0.5, 0.6) is 0 Å². The molecule has 0 bridgehead atoms. The summed E-state index contributed by atoms with van der Waals surface area (Å²) in [7, 11) is 0. The second-order valence-electron chi connectivity index (χ2n) is 13.0. The number of nitrogens with zero attached hydrogens (tertiary/aromatic N) is 5. The van der Waals surface area contributed by atoms with Crippen molar-refractivity contribution in [3.8, 4) is 0 Å². The van der Waals surface area contributed by atoms with E-state index in [2.05, 4.69) is 54.7 Å². The molecule has 7 rings (SSSR count). The molecule has 0 N–H and O–H groups in total. The standard InChI is InChI=1S/C37H42FN5O/c1-25-10-11-31(20-40-25)41-18-6-9-32(24-41)42(21-27-16-17-39-26(2)19-27)22-29-23-43(30-12-13-30)36-34(37(29)44)15-14-33(35(36)38)28-7-4-3-5-8-28/h7,10-11,14-17,19-20,23,30,32H,3-6,8-9,12-13,18,21-22,24H2,1-2H3/t32-/m0/s1. The molecule has 0 radical (unpaired) electrons. The molecule has 1 aliphatic heterocycles. The number of benzene rings is 1. The number of rotatable bonds is 8. The van der Waals surface area contributed by atoms with Crippen molar-refractivity contribution in [2.24, 2.45) is 0 Å². The Bertz CT molecular complexity index is 1760. The van der Waals surface area contributed by atoms with Crippen molar-refractivity contribution in [2.45, 2.75) is 90.4 Å². The Kier molecular flexibility index (Phi) is 8.06. The first kappa shape index (κ1) is 28.9. The smallest absolute Gasteiger partial charge is 0.193 e. The molecule has 0 amide bonds. The predicted molar refractivity (Wildman–Crippen MR) is 175 cm³/mol. The molecule has 0 unspecified atom stereocenters. The molecule has 4 heterocycles. The van der Waals surface area contributed by atoms with Gasteiger partial charge in [-0.1, -0.05) is 12.1 Å². The van der Waals surface area contributed by atoms with Crippen molar-refractivity contribution in [3.63, 3.8) is 0 Å². The molecule has 2 fully saturated rings. The minimum Gasteiger partial charge on any atom is -0.369 e. The number of aromatic nitrogens is 3. The van der Waals surface area contributed by atoms with Crippen molar-refractivity contribution in [1.82, 2.24) is 19.4 Å². The van der Waals surface area contributed by atoms with Gasteiger partial charge >= 0.3 is 0 Å². The maximum Gasteiger partial charge on any atom is 0.193 e. The van der Waals surface area contributed by atoms with Gasteiger partial charge in [0.05, 0.1) is 17.4 Å². The van der Waals surface area contributed by atoms with E-state index in [4.69, 9.17) is 0 Å². The summed E-state index contributed by atoms with van der Waals surface area (Å²) in [5.41, 5.74) is 7.25. The van der Waals surface area contributed by atoms with Crippen molar-refractivity contribution in [1.29, 1.82) is 0 Å². The number of anilines is 1. The summed E-state index contributed by atoms with van der Waals surface area (Å²) in [6, 6.07) is 12.7. The van der Waals surface area contributed by atoms with Gasteiger partial charge in [0.25, 0.3) is 0 Å². The summed E-state index contributed by atoms with van der Waals surface area (Å²) >= 11 is 0. The highest BCUT2D eigenvalue weighted by molar-refractivity contribution is 5.85. The van der Waals surface area contributed by atoms with E-state index in [1.54, 1.807) is 0 Å². The molecular weight excluding hydrogens is 549 g/mol. The average molecular weight is 592 g/mol. The minimum atomic E-state index is -0.232. The molecule has 3 aliphatic rings. The summed E-state index contributed by atoms with van der Waals surface area (Å²) in [5.74, 6) is -0.232. The third-order valence-electron chi connectivity index (χ3n) is 9.68. The minimum absolute atomic E-state index is 0.0497. The Morgan fingerprint density at radius 2 is 1.86 bits per heavy atom. The first-order valence-electron chi connectivity index (χ1n) is 16.3. The van der Waals surface area contributed by atoms with Crippen LogP contribution in [-0.4, -0.2) is 38.6 Å². The molecule has 1 saturated carbocycles. The lowest BCUT2D eigenvalue weighted by Crippen LogP contribution is -2.48. The molecule has 3 aromatic heterocycles. The van der Waals surface area contributed by atoms with Crippen LogP contribution in [0.4, 0.5) is 10.1 Å². The lowest BCUT2D eigenvalue weighted by molar-refractivity contribution is 0.158. The fraction of sp³-hybridized carbons (Fsp3) is 0.432. The normalized spacial score (nSPS) is 19.0. The number of pyridine rings is 3. The van der Waals surface area contributed by atoms with E-state index in [1.165, 1.54) is 5.56 Å². The molecule has 1 aromatic carbocycles. The molecule has 2 aliphatic carbocycles. The van der Waals surface area contributed by atoms with Gasteiger partial charge < -0.3 is 9.47 Å². The Labute approximate surface area is 259 Å². The summed E-state index contributed by atoms with van der Waals surface area (Å²) < 4.78 is 18.4. The molecule has 1 saturated heterocycles. The number of fused-ring (bicyclic) bond motifs is 1. The van der Waals surface area contributed by atoms with E-state index in [0.717, 1.165) is 99.2 Å². The number of halogens is 1. The highest BCUT2D eigenvalue weighted by Crippen LogP contribution is 2.39. The van der Waals surface area contributed by atoms with E-state index in [0.29, 0.717) is 23.0 Å². The summed E-state index contributed by atoms with van der Waals surface area (Å²) in [5, 5.41) is 0.503. The van der Waals surface area contributed by atoms with E-state index in [1.807, 2.05) is 44.6 Å². The third-order valence-corrected chi connectivity index (χ3v) is 9.68. The summed E-state index contributed by atoms with van der Waals surface area (Å²) in [6.07, 6.45) is 16.3. The maximum atomic E-state index is 16.3. The number of hydrogen-bond acceptors (Lipinski definition) is 5. The van der Waals surface area contributed by atoms with Crippen LogP contribution in [0, 0.1) is 19.7 Å². The second-order valence-corrected chi connectivity index (χ2v) is 13.0. The van der Waals surface area contributed by atoms with Crippen LogP contribution in [0.2, 0.25) is 0 Å². The average Bonchev–Trinajstić information content (AvgIpc) is 3.89. The van der Waals surface area contributed by atoms with Gasteiger partial charge in [-0.05, 0) is 107 Å². The van der Waals surface area contributed by atoms with E-state index in [9.17, 15) is 4.79 Å². The van der Waals surface area contributed by atoms with E-state index in [-0.39, 0.29) is 23.3 Å². The SMILES string of the molecule is Cc1ccc(N2CCC[C@H](N(Cc3ccnc(C)c3)Cc3cn(C4CC4)c4c(F)c(C5=CCCCC5)ccc4c3=O)C2)cn1. The molecule has 228 valence electrons. The molecule has 1 atom stereocenters. The van der Waals surface area contributed by atoms with Crippen LogP contribution in [0.15, 0.2) is 65.9 Å². The van der Waals surface area contributed by atoms with Gasteiger partial charge in [-0.15, -0.1) is 0 Å². The molecule has 44 heavy (non-hydrogen) atoms. The van der Waals surface area contributed by atoms with E-state index < -0.39 is 0 Å². The van der Waals surface area contributed by atoms with Gasteiger partial charge in [-0.3, -0.25) is 19.7 Å². The van der Waals surface area contributed by atoms with Gasteiger partial charge in [0.1, 0.15) is 0 Å². The zero-order valence-electron chi connectivity index (χ0n) is 25.9. The second kappa shape index (κ2) is 12.3. The Morgan fingerprint density at radius 1 is 0.977 bits per heavy atom.